The van der Waals surface area contributed by atoms with Crippen LogP contribution in [0.4, 0.5) is 16.2 Å². The van der Waals surface area contributed by atoms with Crippen LogP contribution in [0.5, 0.6) is 11.5 Å². The zero-order valence-corrected chi connectivity index (χ0v) is 14.0. The van der Waals surface area contributed by atoms with Gasteiger partial charge in [0.2, 0.25) is 0 Å². The van der Waals surface area contributed by atoms with Gasteiger partial charge in [0.15, 0.2) is 0 Å². The second-order valence-corrected chi connectivity index (χ2v) is 5.60. The minimum absolute atomic E-state index is 0.135. The van der Waals surface area contributed by atoms with Gasteiger partial charge in [-0.15, -0.1) is 0 Å². The molecule has 0 bridgehead atoms. The lowest BCUT2D eigenvalue weighted by Gasteiger charge is -2.13. The van der Waals surface area contributed by atoms with Crippen molar-refractivity contribution >= 4 is 23.3 Å². The molecule has 0 saturated carbocycles. The monoisotopic (exact) mass is 341 g/mol. The molecule has 7 nitrogen and oxygen atoms in total. The normalized spacial score (nSPS) is 13.4. The highest BCUT2D eigenvalue weighted by Crippen LogP contribution is 2.26. The number of benzene rings is 2. The summed E-state index contributed by atoms with van der Waals surface area (Å²) in [5, 5.41) is 5.44. The quantitative estimate of drug-likeness (QED) is 0.900. The number of nitrogens with one attached hydrogen (secondary N) is 2. The molecule has 1 aliphatic rings. The number of likely N-dealkylation sites (N-methyl/N-ethyl adjacent to an activating group) is 1. The van der Waals surface area contributed by atoms with Crippen molar-refractivity contribution < 1.29 is 19.1 Å². The number of nitrogens with zero attached hydrogens (tertiary/aromatic N) is 1. The Morgan fingerprint density at radius 2 is 1.92 bits per heavy atom. The van der Waals surface area contributed by atoms with E-state index in [1.807, 2.05) is 0 Å². The summed E-state index contributed by atoms with van der Waals surface area (Å²) in [6.45, 7) is 0.963. The topological polar surface area (TPSA) is 79.9 Å². The molecule has 0 atom stereocenters. The van der Waals surface area contributed by atoms with Crippen LogP contribution < -0.4 is 20.1 Å². The third-order valence-corrected chi connectivity index (χ3v) is 3.83. The van der Waals surface area contributed by atoms with Crippen LogP contribution in [-0.4, -0.2) is 44.1 Å². The SMILES string of the molecule is COc1cccc(NC(=O)Nc2ccc3c(c2)C(=O)N(C)CCO3)c1. The van der Waals surface area contributed by atoms with E-state index < -0.39 is 6.03 Å². The van der Waals surface area contributed by atoms with Crippen molar-refractivity contribution in [2.75, 3.05) is 37.9 Å². The number of ether oxygens (including phenoxy) is 2. The van der Waals surface area contributed by atoms with Gasteiger partial charge in [-0.25, -0.2) is 4.79 Å². The van der Waals surface area contributed by atoms with Crippen LogP contribution in [-0.2, 0) is 0 Å². The Bertz CT molecular complexity index is 807. The zero-order valence-electron chi connectivity index (χ0n) is 14.0. The number of carbonyl (C=O) groups excluding carboxylic acids is 2. The number of carbonyl (C=O) groups is 2. The lowest BCUT2D eigenvalue weighted by Crippen LogP contribution is -2.28. The Morgan fingerprint density at radius 3 is 2.68 bits per heavy atom. The molecule has 0 unspecified atom stereocenters. The average molecular weight is 341 g/mol. The molecule has 1 heterocycles. The summed E-state index contributed by atoms with van der Waals surface area (Å²) in [5.41, 5.74) is 1.54. The van der Waals surface area contributed by atoms with Gasteiger partial charge in [-0.3, -0.25) is 4.79 Å². The average Bonchev–Trinajstić information content (AvgIpc) is 2.74. The van der Waals surface area contributed by atoms with E-state index in [4.69, 9.17) is 9.47 Å². The smallest absolute Gasteiger partial charge is 0.323 e. The summed E-state index contributed by atoms with van der Waals surface area (Å²) < 4.78 is 10.7. The summed E-state index contributed by atoms with van der Waals surface area (Å²) >= 11 is 0. The molecule has 0 aliphatic carbocycles. The first-order chi connectivity index (χ1) is 12.1. The van der Waals surface area contributed by atoms with E-state index in [-0.39, 0.29) is 5.91 Å². The molecule has 2 aromatic rings. The molecule has 1 aliphatic heterocycles. The predicted molar refractivity (Wildman–Crippen MR) is 94.5 cm³/mol. The van der Waals surface area contributed by atoms with Crippen molar-refractivity contribution in [3.05, 3.63) is 48.0 Å². The molecule has 2 N–H and O–H groups in total. The fraction of sp³-hybridized carbons (Fsp3) is 0.222. The molecule has 0 spiro atoms. The van der Waals surface area contributed by atoms with E-state index in [1.54, 1.807) is 61.5 Å². The molecule has 0 radical (unpaired) electrons. The number of amides is 3. The Kier molecular flexibility index (Phi) is 4.74. The fourth-order valence-corrected chi connectivity index (χ4v) is 2.49. The zero-order chi connectivity index (χ0) is 17.8. The van der Waals surface area contributed by atoms with Crippen molar-refractivity contribution in [1.29, 1.82) is 0 Å². The van der Waals surface area contributed by atoms with Crippen molar-refractivity contribution in [3.63, 3.8) is 0 Å². The van der Waals surface area contributed by atoms with Crippen LogP contribution in [0, 0.1) is 0 Å². The number of anilines is 2. The maximum atomic E-state index is 12.3. The number of hydrogen-bond acceptors (Lipinski definition) is 4. The third kappa shape index (κ3) is 3.82. The summed E-state index contributed by atoms with van der Waals surface area (Å²) in [6.07, 6.45) is 0. The largest absolute Gasteiger partial charge is 0.497 e. The molecule has 0 aromatic heterocycles. The minimum Gasteiger partial charge on any atom is -0.497 e. The van der Waals surface area contributed by atoms with Crippen LogP contribution in [0.2, 0.25) is 0 Å². The molecular formula is C18H19N3O4. The van der Waals surface area contributed by atoms with Crippen molar-refractivity contribution in [3.8, 4) is 11.5 Å². The van der Waals surface area contributed by atoms with Gasteiger partial charge in [-0.1, -0.05) is 6.07 Å². The van der Waals surface area contributed by atoms with Gasteiger partial charge in [0.25, 0.3) is 5.91 Å². The van der Waals surface area contributed by atoms with Gasteiger partial charge in [0.1, 0.15) is 18.1 Å². The van der Waals surface area contributed by atoms with E-state index in [0.29, 0.717) is 41.6 Å². The fourth-order valence-electron chi connectivity index (χ4n) is 2.49. The molecule has 3 amide bonds. The van der Waals surface area contributed by atoms with Gasteiger partial charge >= 0.3 is 6.03 Å². The molecule has 2 aromatic carbocycles. The van der Waals surface area contributed by atoms with E-state index in [1.165, 1.54) is 0 Å². The first kappa shape index (κ1) is 16.6. The van der Waals surface area contributed by atoms with Crippen molar-refractivity contribution in [2.45, 2.75) is 0 Å². The standard InChI is InChI=1S/C18H19N3O4/c1-21-8-9-25-16-7-6-13(11-15(16)17(21)22)20-18(23)19-12-4-3-5-14(10-12)24-2/h3-7,10-11H,8-9H2,1-2H3,(H2,19,20,23). The van der Waals surface area contributed by atoms with E-state index in [2.05, 4.69) is 10.6 Å². The van der Waals surface area contributed by atoms with Crippen molar-refractivity contribution in [2.24, 2.45) is 0 Å². The summed E-state index contributed by atoms with van der Waals surface area (Å²) in [6, 6.07) is 11.6. The lowest BCUT2D eigenvalue weighted by molar-refractivity contribution is 0.0796. The van der Waals surface area contributed by atoms with Gasteiger partial charge in [-0.05, 0) is 30.3 Å². The van der Waals surface area contributed by atoms with Gasteiger partial charge in [0, 0.05) is 24.5 Å². The highest BCUT2D eigenvalue weighted by atomic mass is 16.5. The highest BCUT2D eigenvalue weighted by molar-refractivity contribution is 6.02. The summed E-state index contributed by atoms with van der Waals surface area (Å²) in [5.74, 6) is 1.03. The molecular weight excluding hydrogens is 322 g/mol. The lowest BCUT2D eigenvalue weighted by atomic mass is 10.1. The van der Waals surface area contributed by atoms with Crippen LogP contribution in [0.1, 0.15) is 10.4 Å². The van der Waals surface area contributed by atoms with E-state index >= 15 is 0 Å². The molecule has 130 valence electrons. The number of methoxy groups -OCH3 is 1. The maximum absolute atomic E-state index is 12.3. The Labute approximate surface area is 145 Å². The van der Waals surface area contributed by atoms with Crippen LogP contribution in [0.3, 0.4) is 0 Å². The Balaban J connectivity index is 1.73. The predicted octanol–water partition coefficient (Wildman–Crippen LogP) is 2.80. The molecule has 7 heteroatoms. The van der Waals surface area contributed by atoms with Crippen LogP contribution in [0.15, 0.2) is 42.5 Å². The minimum atomic E-state index is -0.413. The van der Waals surface area contributed by atoms with E-state index in [0.717, 1.165) is 0 Å². The number of fused-ring (bicyclic) bond motifs is 1. The third-order valence-electron chi connectivity index (χ3n) is 3.83. The van der Waals surface area contributed by atoms with Gasteiger partial charge in [-0.2, -0.15) is 0 Å². The van der Waals surface area contributed by atoms with Crippen LogP contribution >= 0.6 is 0 Å². The van der Waals surface area contributed by atoms with E-state index in [9.17, 15) is 9.59 Å². The van der Waals surface area contributed by atoms with Crippen LogP contribution in [0.25, 0.3) is 0 Å². The molecule has 3 rings (SSSR count). The number of hydrogen-bond donors (Lipinski definition) is 2. The first-order valence-electron chi connectivity index (χ1n) is 7.81. The Hall–Kier alpha value is -3.22. The second kappa shape index (κ2) is 7.12. The summed E-state index contributed by atoms with van der Waals surface area (Å²) in [7, 11) is 3.28. The van der Waals surface area contributed by atoms with Gasteiger partial charge < -0.3 is 25.0 Å². The molecule has 0 saturated heterocycles. The Morgan fingerprint density at radius 1 is 1.16 bits per heavy atom. The number of rotatable bonds is 3. The molecule has 25 heavy (non-hydrogen) atoms. The second-order valence-electron chi connectivity index (χ2n) is 5.60. The van der Waals surface area contributed by atoms with Crippen molar-refractivity contribution in [1.82, 2.24) is 4.90 Å². The molecule has 0 fully saturated rings. The maximum Gasteiger partial charge on any atom is 0.323 e. The number of urea groups is 1. The van der Waals surface area contributed by atoms with Gasteiger partial charge in [0.05, 0.1) is 19.2 Å². The highest BCUT2D eigenvalue weighted by Gasteiger charge is 2.21. The summed E-state index contributed by atoms with van der Waals surface area (Å²) in [4.78, 5) is 26.1. The first-order valence-corrected chi connectivity index (χ1v) is 7.81.